The van der Waals surface area contributed by atoms with Crippen LogP contribution in [0.5, 0.6) is 0 Å². The second-order valence-corrected chi connectivity index (χ2v) is 9.31. The molecule has 9 heteroatoms. The topological polar surface area (TPSA) is 90.3 Å². The maximum atomic E-state index is 13.4. The number of rotatable bonds is 7. The Morgan fingerprint density at radius 2 is 1.44 bits per heavy atom. The summed E-state index contributed by atoms with van der Waals surface area (Å²) in [6.07, 6.45) is 3.13. The standard InChI is InChI=1S/C25H28FN4O3P/c26-19-8-4-17(5-9-19)15-30-24(32)22(21(31)16-28-12-2-1-3-13-28)23(27)29(25(30)33)14-18-6-10-20(34)11-7-18/h4-11H,1-3,12-16,27,34H2. The lowest BCUT2D eigenvalue weighted by Crippen LogP contribution is -2.46. The first-order chi connectivity index (χ1) is 16.3. The summed E-state index contributed by atoms with van der Waals surface area (Å²) in [5, 5.41) is 0.989. The van der Waals surface area contributed by atoms with Gasteiger partial charge in [-0.25, -0.2) is 9.18 Å². The van der Waals surface area contributed by atoms with Crippen molar-refractivity contribution in [2.45, 2.75) is 32.4 Å². The fraction of sp³-hybridized carbons (Fsp3) is 0.320. The lowest BCUT2D eigenvalue weighted by molar-refractivity contribution is 0.0913. The number of Topliss-reactive ketones (excluding diaryl/α,β-unsaturated/α-hetero) is 1. The minimum Gasteiger partial charge on any atom is -0.384 e. The maximum Gasteiger partial charge on any atom is 0.333 e. The van der Waals surface area contributed by atoms with Crippen LogP contribution in [0.2, 0.25) is 0 Å². The van der Waals surface area contributed by atoms with Gasteiger partial charge in [0.25, 0.3) is 5.56 Å². The zero-order valence-electron chi connectivity index (χ0n) is 18.9. The molecular weight excluding hydrogens is 454 g/mol. The summed E-state index contributed by atoms with van der Waals surface area (Å²) in [5.41, 5.74) is 6.18. The molecular formula is C25H28FN4O3P. The third kappa shape index (κ3) is 5.34. The summed E-state index contributed by atoms with van der Waals surface area (Å²) >= 11 is 0. The molecule has 0 aliphatic carbocycles. The van der Waals surface area contributed by atoms with Gasteiger partial charge < -0.3 is 5.73 Å². The molecule has 1 atom stereocenters. The number of halogens is 1. The van der Waals surface area contributed by atoms with E-state index in [1.807, 2.05) is 29.2 Å². The molecule has 1 aliphatic heterocycles. The van der Waals surface area contributed by atoms with E-state index in [9.17, 15) is 18.8 Å². The van der Waals surface area contributed by atoms with E-state index in [2.05, 4.69) is 9.24 Å². The molecule has 178 valence electrons. The number of carbonyl (C=O) groups is 1. The molecule has 0 amide bonds. The van der Waals surface area contributed by atoms with Gasteiger partial charge in [0.05, 0.1) is 19.6 Å². The molecule has 1 unspecified atom stereocenters. The molecule has 2 heterocycles. The Bertz CT molecular complexity index is 1290. The number of nitrogens with two attached hydrogens (primary N) is 1. The van der Waals surface area contributed by atoms with Crippen LogP contribution in [0, 0.1) is 5.82 Å². The fourth-order valence-electron chi connectivity index (χ4n) is 4.25. The van der Waals surface area contributed by atoms with Crippen molar-refractivity contribution in [2.24, 2.45) is 0 Å². The average molecular weight is 482 g/mol. The van der Waals surface area contributed by atoms with E-state index in [1.165, 1.54) is 28.8 Å². The van der Waals surface area contributed by atoms with Crippen molar-refractivity contribution in [3.63, 3.8) is 0 Å². The largest absolute Gasteiger partial charge is 0.384 e. The Morgan fingerprint density at radius 3 is 2.06 bits per heavy atom. The van der Waals surface area contributed by atoms with Gasteiger partial charge in [-0.15, -0.1) is 9.24 Å². The zero-order valence-corrected chi connectivity index (χ0v) is 20.0. The van der Waals surface area contributed by atoms with E-state index in [0.29, 0.717) is 5.56 Å². The smallest absolute Gasteiger partial charge is 0.333 e. The highest BCUT2D eigenvalue weighted by atomic mass is 31.0. The quantitative estimate of drug-likeness (QED) is 0.411. The number of benzene rings is 2. The summed E-state index contributed by atoms with van der Waals surface area (Å²) in [7, 11) is 2.60. The number of carbonyl (C=O) groups excluding carboxylic acids is 1. The van der Waals surface area contributed by atoms with E-state index in [-0.39, 0.29) is 31.0 Å². The van der Waals surface area contributed by atoms with E-state index in [1.54, 1.807) is 0 Å². The molecule has 1 saturated heterocycles. The number of nitrogens with zero attached hydrogens (tertiary/aromatic N) is 3. The van der Waals surface area contributed by atoms with Crippen LogP contribution in [0.15, 0.2) is 58.1 Å². The fourth-order valence-corrected chi connectivity index (χ4v) is 4.44. The van der Waals surface area contributed by atoms with Crippen LogP contribution in [-0.2, 0) is 13.1 Å². The summed E-state index contributed by atoms with van der Waals surface area (Å²) in [6, 6.07) is 13.0. The molecule has 1 aromatic heterocycles. The number of likely N-dealkylation sites (tertiary alicyclic amines) is 1. The first kappa shape index (κ1) is 24.0. The van der Waals surface area contributed by atoms with E-state index in [0.717, 1.165) is 47.8 Å². The van der Waals surface area contributed by atoms with Gasteiger partial charge in [-0.1, -0.05) is 42.8 Å². The first-order valence-electron chi connectivity index (χ1n) is 11.3. The van der Waals surface area contributed by atoms with Gasteiger partial charge in [0.15, 0.2) is 5.78 Å². The summed E-state index contributed by atoms with van der Waals surface area (Å²) in [4.78, 5) is 42.0. The van der Waals surface area contributed by atoms with Gasteiger partial charge in [-0.2, -0.15) is 0 Å². The predicted octanol–water partition coefficient (Wildman–Crippen LogP) is 2.00. The molecule has 2 aromatic carbocycles. The molecule has 4 rings (SSSR count). The lowest BCUT2D eigenvalue weighted by Gasteiger charge is -2.26. The Labute approximate surface area is 199 Å². The van der Waals surface area contributed by atoms with Crippen LogP contribution in [-0.4, -0.2) is 39.5 Å². The van der Waals surface area contributed by atoms with Crippen LogP contribution in [0.25, 0.3) is 0 Å². The number of nitrogen functional groups attached to an aromatic ring is 1. The Kier molecular flexibility index (Phi) is 7.39. The first-order valence-corrected chi connectivity index (χ1v) is 11.9. The lowest BCUT2D eigenvalue weighted by atomic mass is 10.1. The van der Waals surface area contributed by atoms with Gasteiger partial charge in [-0.3, -0.25) is 23.6 Å². The molecule has 7 nitrogen and oxygen atoms in total. The number of hydrogen-bond acceptors (Lipinski definition) is 5. The van der Waals surface area contributed by atoms with Gasteiger partial charge in [-0.05, 0) is 54.5 Å². The average Bonchev–Trinajstić information content (AvgIpc) is 2.82. The van der Waals surface area contributed by atoms with Crippen molar-refractivity contribution in [2.75, 3.05) is 25.4 Å². The van der Waals surface area contributed by atoms with Gasteiger partial charge >= 0.3 is 5.69 Å². The van der Waals surface area contributed by atoms with Gasteiger partial charge in [0.2, 0.25) is 0 Å². The third-order valence-electron chi connectivity index (χ3n) is 6.14. The van der Waals surface area contributed by atoms with E-state index < -0.39 is 22.8 Å². The zero-order chi connectivity index (χ0) is 24.2. The second kappa shape index (κ2) is 10.5. The molecule has 3 aromatic rings. The Morgan fingerprint density at radius 1 is 0.882 bits per heavy atom. The highest BCUT2D eigenvalue weighted by molar-refractivity contribution is 7.27. The van der Waals surface area contributed by atoms with Gasteiger partial charge in [0, 0.05) is 0 Å². The number of hydrogen-bond donors (Lipinski definition) is 1. The number of piperidine rings is 1. The maximum absolute atomic E-state index is 13.4. The molecule has 0 spiro atoms. The molecule has 1 aliphatic rings. The van der Waals surface area contributed by atoms with Crippen molar-refractivity contribution >= 4 is 26.1 Å². The highest BCUT2D eigenvalue weighted by Gasteiger charge is 2.25. The predicted molar refractivity (Wildman–Crippen MR) is 134 cm³/mol. The molecule has 0 bridgehead atoms. The van der Waals surface area contributed by atoms with Crippen molar-refractivity contribution in [3.8, 4) is 0 Å². The summed E-state index contributed by atoms with van der Waals surface area (Å²) < 4.78 is 15.6. The van der Waals surface area contributed by atoms with Gasteiger partial charge in [0.1, 0.15) is 17.2 Å². The van der Waals surface area contributed by atoms with Crippen molar-refractivity contribution in [1.29, 1.82) is 0 Å². The molecule has 1 fully saturated rings. The minimum atomic E-state index is -0.717. The molecule has 0 radical (unpaired) electrons. The van der Waals surface area contributed by atoms with E-state index in [4.69, 9.17) is 5.73 Å². The van der Waals surface area contributed by atoms with E-state index >= 15 is 0 Å². The van der Waals surface area contributed by atoms with Crippen LogP contribution in [0.4, 0.5) is 10.2 Å². The number of ketones is 1. The minimum absolute atomic E-state index is 0.0793. The summed E-state index contributed by atoms with van der Waals surface area (Å²) in [6.45, 7) is 1.68. The Balaban J connectivity index is 1.78. The highest BCUT2D eigenvalue weighted by Crippen LogP contribution is 2.14. The van der Waals surface area contributed by atoms with Crippen LogP contribution in [0.3, 0.4) is 0 Å². The van der Waals surface area contributed by atoms with Crippen LogP contribution in [0.1, 0.15) is 40.7 Å². The molecule has 2 N–H and O–H groups in total. The monoisotopic (exact) mass is 482 g/mol. The molecule has 34 heavy (non-hydrogen) atoms. The SMILES string of the molecule is Nc1c(C(=O)CN2CCCCC2)c(=O)n(Cc2ccc(F)cc2)c(=O)n1Cc1ccc(P)cc1. The summed E-state index contributed by atoms with van der Waals surface area (Å²) in [5.74, 6) is -0.936. The van der Waals surface area contributed by atoms with Crippen molar-refractivity contribution < 1.29 is 9.18 Å². The number of aromatic nitrogens is 2. The Hall–Kier alpha value is -3.09. The van der Waals surface area contributed by atoms with Crippen LogP contribution < -0.4 is 22.3 Å². The number of anilines is 1. The van der Waals surface area contributed by atoms with Crippen LogP contribution >= 0.6 is 9.24 Å². The van der Waals surface area contributed by atoms with Crippen molar-refractivity contribution in [1.82, 2.24) is 14.0 Å². The van der Waals surface area contributed by atoms with Crippen molar-refractivity contribution in [3.05, 3.63) is 91.9 Å². The third-order valence-corrected chi connectivity index (χ3v) is 6.52. The normalized spacial score (nSPS) is 14.3. The second-order valence-electron chi connectivity index (χ2n) is 8.65. The molecule has 0 saturated carbocycles.